The van der Waals surface area contributed by atoms with Crippen molar-refractivity contribution in [2.75, 3.05) is 5.75 Å². The summed E-state index contributed by atoms with van der Waals surface area (Å²) >= 11 is 1.56. The fraction of sp³-hybridized carbons (Fsp3) is 0.0800. The van der Waals surface area contributed by atoms with Gasteiger partial charge in [-0.25, -0.2) is 0 Å². The number of hydrogen-bond donors (Lipinski definition) is 1. The van der Waals surface area contributed by atoms with Crippen molar-refractivity contribution >= 4 is 28.4 Å². The van der Waals surface area contributed by atoms with Gasteiger partial charge in [0.1, 0.15) is 0 Å². The van der Waals surface area contributed by atoms with E-state index in [0.717, 1.165) is 16.0 Å². The Hall–Kier alpha value is -3.04. The summed E-state index contributed by atoms with van der Waals surface area (Å²) in [5, 5.41) is 5.60. The molecule has 2 nitrogen and oxygen atoms in total. The van der Waals surface area contributed by atoms with Crippen LogP contribution in [0.4, 0.5) is 0 Å². The Morgan fingerprint density at radius 1 is 0.714 bits per heavy atom. The molecular weight excluding hydrogens is 362 g/mol. The van der Waals surface area contributed by atoms with Crippen molar-refractivity contribution in [1.29, 1.82) is 0 Å². The Morgan fingerprint density at radius 2 is 1.29 bits per heavy atom. The van der Waals surface area contributed by atoms with E-state index in [1.165, 1.54) is 10.8 Å². The largest absolute Gasteiger partial charge is 0.344 e. The van der Waals surface area contributed by atoms with E-state index in [1.54, 1.807) is 11.8 Å². The van der Waals surface area contributed by atoms with Crippen LogP contribution in [0.25, 0.3) is 10.8 Å². The highest BCUT2D eigenvalue weighted by Crippen LogP contribution is 2.25. The first-order valence-corrected chi connectivity index (χ1v) is 10.3. The number of amides is 1. The molecule has 0 saturated heterocycles. The highest BCUT2D eigenvalue weighted by atomic mass is 32.2. The van der Waals surface area contributed by atoms with Crippen molar-refractivity contribution < 1.29 is 4.79 Å². The molecule has 3 heteroatoms. The van der Waals surface area contributed by atoms with Crippen LogP contribution in [0.3, 0.4) is 0 Å². The molecule has 0 fully saturated rings. The van der Waals surface area contributed by atoms with Gasteiger partial charge in [-0.1, -0.05) is 91.0 Å². The molecule has 0 spiro atoms. The Bertz CT molecular complexity index is 1020. The molecule has 1 N–H and O–H groups in total. The second-order valence-corrected chi connectivity index (χ2v) is 7.67. The van der Waals surface area contributed by atoms with Gasteiger partial charge >= 0.3 is 0 Å². The molecule has 0 saturated carbocycles. The Morgan fingerprint density at radius 3 is 1.93 bits per heavy atom. The third kappa shape index (κ3) is 4.44. The SMILES string of the molecule is O=C(CSc1ccc2ccccc2c1)NC(c1ccccc1)c1ccccc1. The predicted octanol–water partition coefficient (Wildman–Crippen LogP) is 5.84. The predicted molar refractivity (Wildman–Crippen MR) is 118 cm³/mol. The number of carbonyl (C=O) groups is 1. The summed E-state index contributed by atoms with van der Waals surface area (Å²) in [6.07, 6.45) is 0. The fourth-order valence-electron chi connectivity index (χ4n) is 3.26. The molecule has 0 aromatic heterocycles. The summed E-state index contributed by atoms with van der Waals surface area (Å²) in [6, 6.07) is 34.6. The molecule has 0 aliphatic heterocycles. The maximum absolute atomic E-state index is 12.7. The molecule has 0 unspecified atom stereocenters. The summed E-state index contributed by atoms with van der Waals surface area (Å²) in [5.74, 6) is 0.407. The summed E-state index contributed by atoms with van der Waals surface area (Å²) in [7, 11) is 0. The Balaban J connectivity index is 1.47. The lowest BCUT2D eigenvalue weighted by Gasteiger charge is -2.20. The lowest BCUT2D eigenvalue weighted by Crippen LogP contribution is -2.30. The molecule has 0 heterocycles. The Labute approximate surface area is 169 Å². The van der Waals surface area contributed by atoms with Gasteiger partial charge in [0, 0.05) is 4.90 Å². The van der Waals surface area contributed by atoms with E-state index in [2.05, 4.69) is 59.9 Å². The van der Waals surface area contributed by atoms with Crippen molar-refractivity contribution in [3.63, 3.8) is 0 Å². The lowest BCUT2D eigenvalue weighted by molar-refractivity contribution is -0.119. The molecule has 0 aliphatic rings. The average Bonchev–Trinajstić information content (AvgIpc) is 2.77. The summed E-state index contributed by atoms with van der Waals surface area (Å²) < 4.78 is 0. The Kier molecular flexibility index (Phi) is 5.74. The van der Waals surface area contributed by atoms with Gasteiger partial charge in [-0.3, -0.25) is 4.79 Å². The van der Waals surface area contributed by atoms with Crippen LogP contribution in [0.2, 0.25) is 0 Å². The highest BCUT2D eigenvalue weighted by molar-refractivity contribution is 8.00. The molecule has 28 heavy (non-hydrogen) atoms. The van der Waals surface area contributed by atoms with Gasteiger partial charge in [0.25, 0.3) is 0 Å². The number of benzene rings is 4. The van der Waals surface area contributed by atoms with E-state index in [9.17, 15) is 4.79 Å². The minimum absolute atomic E-state index is 0.0239. The van der Waals surface area contributed by atoms with Crippen LogP contribution >= 0.6 is 11.8 Å². The molecule has 4 aromatic rings. The van der Waals surface area contributed by atoms with Crippen molar-refractivity contribution in [3.05, 3.63) is 114 Å². The molecular formula is C25H21NOS. The quantitative estimate of drug-likeness (QED) is 0.424. The van der Waals surface area contributed by atoms with Gasteiger partial charge < -0.3 is 5.32 Å². The van der Waals surface area contributed by atoms with Crippen LogP contribution in [0.5, 0.6) is 0 Å². The van der Waals surface area contributed by atoms with E-state index in [0.29, 0.717) is 5.75 Å². The van der Waals surface area contributed by atoms with Crippen molar-refractivity contribution in [3.8, 4) is 0 Å². The van der Waals surface area contributed by atoms with Crippen molar-refractivity contribution in [1.82, 2.24) is 5.32 Å². The molecule has 1 amide bonds. The standard InChI is InChI=1S/C25H21NOS/c27-24(18-28-23-16-15-19-9-7-8-14-22(19)17-23)26-25(20-10-3-1-4-11-20)21-12-5-2-6-13-21/h1-17,25H,18H2,(H,26,27). The van der Waals surface area contributed by atoms with Gasteiger partial charge in [-0.2, -0.15) is 0 Å². The number of thioether (sulfide) groups is 1. The smallest absolute Gasteiger partial charge is 0.231 e. The van der Waals surface area contributed by atoms with E-state index >= 15 is 0 Å². The summed E-state index contributed by atoms with van der Waals surface area (Å²) in [4.78, 5) is 13.8. The number of nitrogens with one attached hydrogen (secondary N) is 1. The monoisotopic (exact) mass is 383 g/mol. The second kappa shape index (κ2) is 8.77. The minimum atomic E-state index is -0.146. The van der Waals surface area contributed by atoms with Gasteiger partial charge in [0.05, 0.1) is 11.8 Å². The topological polar surface area (TPSA) is 29.1 Å². The van der Waals surface area contributed by atoms with Crippen LogP contribution in [0.15, 0.2) is 108 Å². The van der Waals surface area contributed by atoms with Crippen LogP contribution in [-0.2, 0) is 4.79 Å². The third-order valence-electron chi connectivity index (χ3n) is 4.66. The first-order chi connectivity index (χ1) is 13.8. The van der Waals surface area contributed by atoms with Crippen LogP contribution < -0.4 is 5.32 Å². The zero-order chi connectivity index (χ0) is 19.2. The van der Waals surface area contributed by atoms with Crippen molar-refractivity contribution in [2.24, 2.45) is 0 Å². The first-order valence-electron chi connectivity index (χ1n) is 9.30. The fourth-order valence-corrected chi connectivity index (χ4v) is 4.01. The minimum Gasteiger partial charge on any atom is -0.344 e. The van der Waals surface area contributed by atoms with E-state index in [4.69, 9.17) is 0 Å². The average molecular weight is 384 g/mol. The van der Waals surface area contributed by atoms with Crippen LogP contribution in [0.1, 0.15) is 17.2 Å². The van der Waals surface area contributed by atoms with E-state index in [-0.39, 0.29) is 11.9 Å². The zero-order valence-corrected chi connectivity index (χ0v) is 16.2. The van der Waals surface area contributed by atoms with E-state index < -0.39 is 0 Å². The van der Waals surface area contributed by atoms with Gasteiger partial charge in [0.2, 0.25) is 5.91 Å². The molecule has 0 bridgehead atoms. The highest BCUT2D eigenvalue weighted by Gasteiger charge is 2.16. The second-order valence-electron chi connectivity index (χ2n) is 6.62. The molecule has 0 aliphatic carbocycles. The molecule has 0 atom stereocenters. The number of hydrogen-bond acceptors (Lipinski definition) is 2. The summed E-state index contributed by atoms with van der Waals surface area (Å²) in [5.41, 5.74) is 2.16. The number of fused-ring (bicyclic) bond motifs is 1. The van der Waals surface area contributed by atoms with Crippen LogP contribution in [-0.4, -0.2) is 11.7 Å². The first kappa shape index (κ1) is 18.3. The zero-order valence-electron chi connectivity index (χ0n) is 15.4. The molecule has 4 aromatic carbocycles. The maximum Gasteiger partial charge on any atom is 0.231 e. The summed E-state index contributed by atoms with van der Waals surface area (Å²) in [6.45, 7) is 0. The molecule has 4 rings (SSSR count). The van der Waals surface area contributed by atoms with E-state index in [1.807, 2.05) is 48.5 Å². The lowest BCUT2D eigenvalue weighted by atomic mass is 9.99. The third-order valence-corrected chi connectivity index (χ3v) is 5.66. The van der Waals surface area contributed by atoms with Crippen molar-refractivity contribution in [2.45, 2.75) is 10.9 Å². The molecule has 138 valence electrons. The van der Waals surface area contributed by atoms with Crippen LogP contribution in [0, 0.1) is 0 Å². The maximum atomic E-state index is 12.7. The van der Waals surface area contributed by atoms with Gasteiger partial charge in [-0.15, -0.1) is 11.8 Å². The normalized spacial score (nSPS) is 10.9. The molecule has 0 radical (unpaired) electrons. The van der Waals surface area contributed by atoms with Gasteiger partial charge in [-0.05, 0) is 34.0 Å². The van der Waals surface area contributed by atoms with Gasteiger partial charge in [0.15, 0.2) is 0 Å². The number of carbonyl (C=O) groups excluding carboxylic acids is 1. The number of rotatable bonds is 6.